The van der Waals surface area contributed by atoms with Gasteiger partial charge in [-0.05, 0) is 22.9 Å². The van der Waals surface area contributed by atoms with Crippen LogP contribution < -0.4 is 9.03 Å². The number of anilines is 1. The molecule has 0 aromatic heterocycles. The molecule has 1 aliphatic heterocycles. The van der Waals surface area contributed by atoms with Crippen LogP contribution in [0.15, 0.2) is 42.5 Å². The quantitative estimate of drug-likeness (QED) is 0.834. The summed E-state index contributed by atoms with van der Waals surface area (Å²) in [6.07, 6.45) is 0. The Bertz CT molecular complexity index is 740. The Balaban J connectivity index is 2.13. The molecular weight excluding hydrogens is 252 g/mol. The number of nitrogens with one attached hydrogen (secondary N) is 1. The molecule has 1 saturated heterocycles. The first-order valence-corrected chi connectivity index (χ1v) is 6.82. The predicted molar refractivity (Wildman–Crippen MR) is 68.4 cm³/mol. The number of hydrogen-bond donors (Lipinski definition) is 1. The normalized spacial score (nSPS) is 18.0. The molecule has 0 aliphatic carbocycles. The molecule has 1 aliphatic rings. The van der Waals surface area contributed by atoms with Gasteiger partial charge in [-0.3, -0.25) is 4.79 Å². The molecule has 0 bridgehead atoms. The molecule has 92 valence electrons. The molecule has 0 atom stereocenters. The Morgan fingerprint density at radius 2 is 1.78 bits per heavy atom. The lowest BCUT2D eigenvalue weighted by Gasteiger charge is -2.15. The maximum Gasteiger partial charge on any atom is 0.326 e. The second-order valence-electron chi connectivity index (χ2n) is 4.07. The standard InChI is InChI=1S/C12H10N2O3S/c15-12-8-14(18(16,17)13-12)11-6-5-9-3-1-2-4-10(9)7-11/h1-7H,8H2,(H,13,15). The Morgan fingerprint density at radius 3 is 2.44 bits per heavy atom. The molecule has 1 fully saturated rings. The highest BCUT2D eigenvalue weighted by atomic mass is 32.2. The third kappa shape index (κ3) is 1.70. The highest BCUT2D eigenvalue weighted by Gasteiger charge is 2.33. The molecule has 6 heteroatoms. The van der Waals surface area contributed by atoms with Crippen LogP contribution in [-0.2, 0) is 15.0 Å². The van der Waals surface area contributed by atoms with E-state index >= 15 is 0 Å². The van der Waals surface area contributed by atoms with Crippen molar-refractivity contribution in [2.75, 3.05) is 10.8 Å². The van der Waals surface area contributed by atoms with Crippen molar-refractivity contribution >= 4 is 32.6 Å². The number of fused-ring (bicyclic) bond motifs is 1. The van der Waals surface area contributed by atoms with Crippen LogP contribution in [0.3, 0.4) is 0 Å². The van der Waals surface area contributed by atoms with Crippen LogP contribution in [0, 0.1) is 0 Å². The summed E-state index contributed by atoms with van der Waals surface area (Å²) < 4.78 is 26.4. The molecular formula is C12H10N2O3S. The van der Waals surface area contributed by atoms with Crippen LogP contribution in [-0.4, -0.2) is 20.9 Å². The number of hydrogen-bond acceptors (Lipinski definition) is 3. The molecule has 0 radical (unpaired) electrons. The number of nitrogens with zero attached hydrogens (tertiary/aromatic N) is 1. The first-order chi connectivity index (χ1) is 8.56. The minimum absolute atomic E-state index is 0.166. The van der Waals surface area contributed by atoms with E-state index in [0.29, 0.717) is 5.69 Å². The van der Waals surface area contributed by atoms with Crippen LogP contribution >= 0.6 is 0 Å². The zero-order valence-corrected chi connectivity index (χ0v) is 10.1. The number of amides is 1. The van der Waals surface area contributed by atoms with Gasteiger partial charge in [0.05, 0.1) is 5.69 Å². The fourth-order valence-corrected chi connectivity index (χ4v) is 3.15. The van der Waals surface area contributed by atoms with Gasteiger partial charge in [-0.15, -0.1) is 0 Å². The third-order valence-electron chi connectivity index (χ3n) is 2.84. The Morgan fingerprint density at radius 1 is 1.06 bits per heavy atom. The van der Waals surface area contributed by atoms with Gasteiger partial charge < -0.3 is 0 Å². The lowest BCUT2D eigenvalue weighted by molar-refractivity contribution is -0.117. The van der Waals surface area contributed by atoms with Crippen molar-refractivity contribution in [1.29, 1.82) is 0 Å². The highest BCUT2D eigenvalue weighted by Crippen LogP contribution is 2.25. The number of carbonyl (C=O) groups is 1. The van der Waals surface area contributed by atoms with E-state index in [1.165, 1.54) is 0 Å². The van der Waals surface area contributed by atoms with Gasteiger partial charge in [0.15, 0.2) is 0 Å². The van der Waals surface area contributed by atoms with Crippen LogP contribution in [0.5, 0.6) is 0 Å². The fraction of sp³-hybridized carbons (Fsp3) is 0.0833. The van der Waals surface area contributed by atoms with Crippen molar-refractivity contribution in [2.45, 2.75) is 0 Å². The van der Waals surface area contributed by atoms with E-state index in [-0.39, 0.29) is 6.54 Å². The summed E-state index contributed by atoms with van der Waals surface area (Å²) in [6, 6.07) is 12.9. The average Bonchev–Trinajstić information content (AvgIpc) is 2.62. The summed E-state index contributed by atoms with van der Waals surface area (Å²) in [7, 11) is -3.72. The summed E-state index contributed by atoms with van der Waals surface area (Å²) in [5, 5.41) is 1.96. The maximum atomic E-state index is 11.7. The molecule has 0 spiro atoms. The molecule has 0 unspecified atom stereocenters. The van der Waals surface area contributed by atoms with Crippen LogP contribution in [0.2, 0.25) is 0 Å². The molecule has 18 heavy (non-hydrogen) atoms. The first-order valence-electron chi connectivity index (χ1n) is 5.38. The van der Waals surface area contributed by atoms with Crippen molar-refractivity contribution in [2.24, 2.45) is 0 Å². The van der Waals surface area contributed by atoms with Crippen molar-refractivity contribution in [3.05, 3.63) is 42.5 Å². The van der Waals surface area contributed by atoms with Crippen molar-refractivity contribution < 1.29 is 13.2 Å². The van der Waals surface area contributed by atoms with Crippen LogP contribution in [0.4, 0.5) is 5.69 Å². The number of rotatable bonds is 1. The Labute approximate surface area is 104 Å². The largest absolute Gasteiger partial charge is 0.326 e. The molecule has 1 heterocycles. The summed E-state index contributed by atoms with van der Waals surface area (Å²) in [6.45, 7) is -0.166. The van der Waals surface area contributed by atoms with E-state index in [1.807, 2.05) is 35.1 Å². The Hall–Kier alpha value is -2.08. The fourth-order valence-electron chi connectivity index (χ4n) is 2.01. The van der Waals surface area contributed by atoms with E-state index in [9.17, 15) is 13.2 Å². The van der Waals surface area contributed by atoms with Crippen molar-refractivity contribution in [1.82, 2.24) is 4.72 Å². The van der Waals surface area contributed by atoms with E-state index in [4.69, 9.17) is 0 Å². The first kappa shape index (κ1) is 11.0. The zero-order chi connectivity index (χ0) is 12.8. The molecule has 1 N–H and O–H groups in total. The lowest BCUT2D eigenvalue weighted by Crippen LogP contribution is -2.29. The molecule has 5 nitrogen and oxygen atoms in total. The minimum atomic E-state index is -3.72. The zero-order valence-electron chi connectivity index (χ0n) is 9.33. The number of carbonyl (C=O) groups excluding carboxylic acids is 1. The second kappa shape index (κ2) is 3.71. The van der Waals surface area contributed by atoms with Crippen molar-refractivity contribution in [3.8, 4) is 0 Å². The molecule has 0 saturated carbocycles. The van der Waals surface area contributed by atoms with Gasteiger partial charge in [-0.2, -0.15) is 8.42 Å². The predicted octanol–water partition coefficient (Wildman–Crippen LogP) is 1.02. The minimum Gasteiger partial charge on any atom is -0.272 e. The highest BCUT2D eigenvalue weighted by molar-refractivity contribution is 7.92. The van der Waals surface area contributed by atoms with E-state index in [0.717, 1.165) is 15.1 Å². The SMILES string of the molecule is O=C1CN(c2ccc3ccccc3c2)S(=O)(=O)N1. The molecule has 2 aromatic rings. The Kier molecular flexibility index (Phi) is 2.27. The van der Waals surface area contributed by atoms with Gasteiger partial charge >= 0.3 is 10.2 Å². The molecule has 2 aromatic carbocycles. The topological polar surface area (TPSA) is 66.5 Å². The summed E-state index contributed by atoms with van der Waals surface area (Å²) in [5.74, 6) is -0.511. The second-order valence-corrected chi connectivity index (χ2v) is 5.66. The van der Waals surface area contributed by atoms with Gasteiger partial charge in [0.1, 0.15) is 6.54 Å². The van der Waals surface area contributed by atoms with Gasteiger partial charge in [0.25, 0.3) is 5.91 Å². The summed E-state index contributed by atoms with van der Waals surface area (Å²) in [5.41, 5.74) is 0.493. The summed E-state index contributed by atoms with van der Waals surface area (Å²) in [4.78, 5) is 11.2. The smallest absolute Gasteiger partial charge is 0.272 e. The van der Waals surface area contributed by atoms with E-state index < -0.39 is 16.1 Å². The molecule has 1 amide bonds. The third-order valence-corrected chi connectivity index (χ3v) is 4.25. The monoisotopic (exact) mass is 262 g/mol. The van der Waals surface area contributed by atoms with E-state index in [2.05, 4.69) is 0 Å². The van der Waals surface area contributed by atoms with E-state index in [1.54, 1.807) is 12.1 Å². The molecule has 3 rings (SSSR count). The van der Waals surface area contributed by atoms with Gasteiger partial charge in [0.2, 0.25) is 0 Å². The summed E-state index contributed by atoms with van der Waals surface area (Å²) >= 11 is 0. The van der Waals surface area contributed by atoms with Crippen molar-refractivity contribution in [3.63, 3.8) is 0 Å². The lowest BCUT2D eigenvalue weighted by atomic mass is 10.1. The maximum absolute atomic E-state index is 11.7. The van der Waals surface area contributed by atoms with Gasteiger partial charge in [-0.1, -0.05) is 30.3 Å². The van der Waals surface area contributed by atoms with Crippen LogP contribution in [0.25, 0.3) is 10.8 Å². The van der Waals surface area contributed by atoms with Crippen LogP contribution in [0.1, 0.15) is 0 Å². The average molecular weight is 262 g/mol. The van der Waals surface area contributed by atoms with Gasteiger partial charge in [-0.25, -0.2) is 9.03 Å². The number of benzene rings is 2. The van der Waals surface area contributed by atoms with Gasteiger partial charge in [0, 0.05) is 0 Å².